The summed E-state index contributed by atoms with van der Waals surface area (Å²) in [6.45, 7) is 4.46. The fraction of sp³-hybridized carbons (Fsp3) is 0.161. The summed E-state index contributed by atoms with van der Waals surface area (Å²) in [5, 5.41) is 7.87. The number of urea groups is 1. The Kier molecular flexibility index (Phi) is 6.04. The first kappa shape index (κ1) is 23.7. The number of rotatable bonds is 4. The maximum atomic E-state index is 13.9. The first-order chi connectivity index (χ1) is 18.5. The van der Waals surface area contributed by atoms with Crippen LogP contribution in [0.4, 0.5) is 14.9 Å². The molecule has 1 aliphatic rings. The molecule has 3 aromatic carbocycles. The molecule has 1 atom stereocenters. The van der Waals surface area contributed by atoms with Crippen molar-refractivity contribution in [1.82, 2.24) is 19.2 Å². The Bertz CT molecular complexity index is 1590. The van der Waals surface area contributed by atoms with Gasteiger partial charge >= 0.3 is 6.03 Å². The van der Waals surface area contributed by atoms with Gasteiger partial charge in [-0.3, -0.25) is 0 Å². The highest BCUT2D eigenvalue weighted by atomic mass is 19.1. The zero-order valence-electron chi connectivity index (χ0n) is 21.3. The second-order valence-electron chi connectivity index (χ2n) is 9.50. The van der Waals surface area contributed by atoms with Gasteiger partial charge in [0.15, 0.2) is 0 Å². The fourth-order valence-corrected chi connectivity index (χ4v) is 5.16. The molecule has 0 radical (unpaired) electrons. The number of para-hydroxylation sites is 1. The molecule has 3 heterocycles. The number of carbonyl (C=O) groups excluding carboxylic acids is 1. The van der Waals surface area contributed by atoms with Crippen LogP contribution in [0.15, 0.2) is 97.2 Å². The summed E-state index contributed by atoms with van der Waals surface area (Å²) < 4.78 is 17.6. The fourth-order valence-electron chi connectivity index (χ4n) is 5.16. The first-order valence-electron chi connectivity index (χ1n) is 12.8. The standard InChI is InChI=1S/C31H28FN5O/c1-3-22-11-13-23(14-12-22)29-28-10-7-19-35(28)30-27(21(2)34-37(30)26-8-5-4-6-9-26)20-36(29)31(38)33-25-17-15-24(32)16-18-25/h4-19,29H,3,20H2,1-2H3,(H,33,38). The Morgan fingerprint density at radius 2 is 1.71 bits per heavy atom. The number of amides is 2. The van der Waals surface area contributed by atoms with E-state index in [2.05, 4.69) is 47.1 Å². The van der Waals surface area contributed by atoms with Crippen molar-refractivity contribution in [2.24, 2.45) is 0 Å². The molecule has 1 unspecified atom stereocenters. The van der Waals surface area contributed by atoms with Gasteiger partial charge in [-0.2, -0.15) is 5.10 Å². The molecule has 0 aliphatic carbocycles. The molecule has 6 rings (SSSR count). The molecular weight excluding hydrogens is 477 g/mol. The number of aromatic nitrogens is 3. The van der Waals surface area contributed by atoms with Crippen LogP contribution in [0.2, 0.25) is 0 Å². The summed E-state index contributed by atoms with van der Waals surface area (Å²) >= 11 is 0. The minimum Gasteiger partial charge on any atom is -0.308 e. The Labute approximate surface area is 221 Å². The van der Waals surface area contributed by atoms with Crippen LogP contribution in [0.3, 0.4) is 0 Å². The molecule has 2 aromatic heterocycles. The van der Waals surface area contributed by atoms with Crippen molar-refractivity contribution in [1.29, 1.82) is 0 Å². The quantitative estimate of drug-likeness (QED) is 0.292. The minimum atomic E-state index is -0.354. The van der Waals surface area contributed by atoms with Crippen molar-refractivity contribution >= 4 is 11.7 Å². The monoisotopic (exact) mass is 505 g/mol. The van der Waals surface area contributed by atoms with Crippen molar-refractivity contribution in [3.8, 4) is 11.5 Å². The lowest BCUT2D eigenvalue weighted by Gasteiger charge is -2.31. The predicted octanol–water partition coefficient (Wildman–Crippen LogP) is 6.81. The largest absolute Gasteiger partial charge is 0.322 e. The Morgan fingerprint density at radius 3 is 2.42 bits per heavy atom. The number of aryl methyl sites for hydroxylation is 2. The lowest BCUT2D eigenvalue weighted by molar-refractivity contribution is 0.194. The van der Waals surface area contributed by atoms with E-state index < -0.39 is 0 Å². The summed E-state index contributed by atoms with van der Waals surface area (Å²) in [5.74, 6) is 0.569. The third kappa shape index (κ3) is 4.16. The number of nitrogens with one attached hydrogen (secondary N) is 1. The van der Waals surface area contributed by atoms with E-state index in [4.69, 9.17) is 5.10 Å². The van der Waals surface area contributed by atoms with Gasteiger partial charge in [-0.15, -0.1) is 0 Å². The van der Waals surface area contributed by atoms with Crippen molar-refractivity contribution in [2.45, 2.75) is 32.9 Å². The number of benzene rings is 3. The van der Waals surface area contributed by atoms with Crippen molar-refractivity contribution in [3.05, 3.63) is 131 Å². The molecule has 0 saturated heterocycles. The average molecular weight is 506 g/mol. The molecule has 0 spiro atoms. The summed E-state index contributed by atoms with van der Waals surface area (Å²) in [6, 6.07) is 27.7. The SMILES string of the molecule is CCc1ccc(C2c3cccn3-c3c(c(C)nn3-c3ccccc3)CN2C(=O)Nc2ccc(F)cc2)cc1. The maximum Gasteiger partial charge on any atom is 0.322 e. The van der Waals surface area contributed by atoms with E-state index in [1.807, 2.05) is 59.1 Å². The van der Waals surface area contributed by atoms with Crippen LogP contribution >= 0.6 is 0 Å². The van der Waals surface area contributed by atoms with Crippen LogP contribution in [0.5, 0.6) is 0 Å². The number of fused-ring (bicyclic) bond motifs is 3. The van der Waals surface area contributed by atoms with Gasteiger partial charge in [-0.25, -0.2) is 13.9 Å². The molecule has 6 nitrogen and oxygen atoms in total. The molecule has 0 fully saturated rings. The Balaban J connectivity index is 1.52. The lowest BCUT2D eigenvalue weighted by atomic mass is 9.99. The molecule has 1 N–H and O–H groups in total. The van der Waals surface area contributed by atoms with E-state index in [-0.39, 0.29) is 17.9 Å². The highest BCUT2D eigenvalue weighted by Gasteiger charge is 2.36. The number of hydrogen-bond acceptors (Lipinski definition) is 2. The van der Waals surface area contributed by atoms with Gasteiger partial charge in [0.1, 0.15) is 11.6 Å². The summed E-state index contributed by atoms with van der Waals surface area (Å²) in [5.41, 5.74) is 6.51. The molecule has 5 aromatic rings. The first-order valence-corrected chi connectivity index (χ1v) is 12.8. The molecule has 0 saturated carbocycles. The third-order valence-electron chi connectivity index (χ3n) is 7.15. The zero-order valence-corrected chi connectivity index (χ0v) is 21.3. The second-order valence-corrected chi connectivity index (χ2v) is 9.50. The Hall–Kier alpha value is -4.65. The highest BCUT2D eigenvalue weighted by Crippen LogP contribution is 2.38. The predicted molar refractivity (Wildman–Crippen MR) is 146 cm³/mol. The third-order valence-corrected chi connectivity index (χ3v) is 7.15. The number of halogens is 1. The smallest absolute Gasteiger partial charge is 0.308 e. The summed E-state index contributed by atoms with van der Waals surface area (Å²) in [6.07, 6.45) is 2.97. The van der Waals surface area contributed by atoms with Gasteiger partial charge in [0.25, 0.3) is 0 Å². The maximum absolute atomic E-state index is 13.9. The molecule has 0 bridgehead atoms. The zero-order chi connectivity index (χ0) is 26.2. The van der Waals surface area contributed by atoms with E-state index in [1.165, 1.54) is 17.7 Å². The summed E-state index contributed by atoms with van der Waals surface area (Å²) in [4.78, 5) is 15.8. The van der Waals surface area contributed by atoms with E-state index in [0.717, 1.165) is 40.4 Å². The van der Waals surface area contributed by atoms with Crippen LogP contribution in [-0.4, -0.2) is 25.3 Å². The highest BCUT2D eigenvalue weighted by molar-refractivity contribution is 5.90. The van der Waals surface area contributed by atoms with E-state index in [9.17, 15) is 9.18 Å². The molecule has 38 heavy (non-hydrogen) atoms. The van der Waals surface area contributed by atoms with Gasteiger partial charge in [0, 0.05) is 17.4 Å². The molecule has 1 aliphatic heterocycles. The van der Waals surface area contributed by atoms with E-state index >= 15 is 0 Å². The molecule has 2 amide bonds. The van der Waals surface area contributed by atoms with Crippen molar-refractivity contribution in [3.63, 3.8) is 0 Å². The van der Waals surface area contributed by atoms with Gasteiger partial charge in [0.2, 0.25) is 0 Å². The molecule has 7 heteroatoms. The van der Waals surface area contributed by atoms with E-state index in [1.54, 1.807) is 12.1 Å². The molecule has 190 valence electrons. The van der Waals surface area contributed by atoms with Crippen LogP contribution in [0.1, 0.15) is 41.0 Å². The van der Waals surface area contributed by atoms with E-state index in [0.29, 0.717) is 12.2 Å². The van der Waals surface area contributed by atoms with Crippen LogP contribution in [-0.2, 0) is 13.0 Å². The van der Waals surface area contributed by atoms with Gasteiger partial charge in [-0.05, 0) is 73.0 Å². The van der Waals surface area contributed by atoms with Crippen LogP contribution in [0, 0.1) is 12.7 Å². The van der Waals surface area contributed by atoms with Gasteiger partial charge in [0.05, 0.1) is 29.7 Å². The minimum absolute atomic E-state index is 0.270. The van der Waals surface area contributed by atoms with Crippen molar-refractivity contribution in [2.75, 3.05) is 5.32 Å². The van der Waals surface area contributed by atoms with Gasteiger partial charge in [-0.1, -0.05) is 49.4 Å². The number of carbonyl (C=O) groups is 1. The number of anilines is 1. The topological polar surface area (TPSA) is 55.1 Å². The molecular formula is C31H28FN5O. The number of hydrogen-bond donors (Lipinski definition) is 1. The van der Waals surface area contributed by atoms with Crippen molar-refractivity contribution < 1.29 is 9.18 Å². The Morgan fingerprint density at radius 1 is 0.974 bits per heavy atom. The summed E-state index contributed by atoms with van der Waals surface area (Å²) in [7, 11) is 0. The number of nitrogens with zero attached hydrogens (tertiary/aromatic N) is 4. The van der Waals surface area contributed by atoms with Crippen LogP contribution < -0.4 is 5.32 Å². The average Bonchev–Trinajstić information content (AvgIpc) is 3.51. The van der Waals surface area contributed by atoms with Crippen LogP contribution in [0.25, 0.3) is 11.5 Å². The second kappa shape index (κ2) is 9.67. The van der Waals surface area contributed by atoms with Gasteiger partial charge < -0.3 is 14.8 Å². The normalized spacial score (nSPS) is 14.5. The lowest BCUT2D eigenvalue weighted by Crippen LogP contribution is -2.38.